The van der Waals surface area contributed by atoms with Gasteiger partial charge in [-0.2, -0.15) is 4.31 Å². The Morgan fingerprint density at radius 2 is 1.65 bits per heavy atom. The van der Waals surface area contributed by atoms with Gasteiger partial charge in [0, 0.05) is 30.7 Å². The fraction of sp³-hybridized carbons (Fsp3) is 0.565. The van der Waals surface area contributed by atoms with E-state index in [4.69, 9.17) is 11.6 Å². The van der Waals surface area contributed by atoms with Crippen LogP contribution in [0.25, 0.3) is 0 Å². The van der Waals surface area contributed by atoms with E-state index in [1.807, 2.05) is 27.9 Å². The van der Waals surface area contributed by atoms with Crippen LogP contribution in [0.15, 0.2) is 46.0 Å². The van der Waals surface area contributed by atoms with Crippen molar-refractivity contribution in [2.75, 3.05) is 45.8 Å². The van der Waals surface area contributed by atoms with Gasteiger partial charge in [-0.3, -0.25) is 0 Å². The van der Waals surface area contributed by atoms with Gasteiger partial charge in [-0.05, 0) is 87.4 Å². The van der Waals surface area contributed by atoms with E-state index in [1.165, 1.54) is 29.7 Å². The van der Waals surface area contributed by atoms with Gasteiger partial charge in [-0.1, -0.05) is 29.8 Å². The molecule has 170 valence electrons. The van der Waals surface area contributed by atoms with Crippen LogP contribution in [-0.4, -0.2) is 74.4 Å². The normalized spacial score (nSPS) is 19.4. The summed E-state index contributed by atoms with van der Waals surface area (Å²) in [6.07, 6.45) is 5.23. The number of thiophene rings is 1. The number of piperidine rings is 1. The van der Waals surface area contributed by atoms with E-state index >= 15 is 0 Å². The maximum absolute atomic E-state index is 13.4. The minimum atomic E-state index is -3.43. The van der Waals surface area contributed by atoms with Crippen molar-refractivity contribution in [3.05, 3.63) is 52.4 Å². The highest BCUT2D eigenvalue weighted by atomic mass is 35.5. The van der Waals surface area contributed by atoms with Crippen LogP contribution in [0, 0.1) is 0 Å². The zero-order valence-electron chi connectivity index (χ0n) is 18.0. The van der Waals surface area contributed by atoms with Gasteiger partial charge in [-0.25, -0.2) is 8.42 Å². The molecule has 3 heterocycles. The molecule has 0 unspecified atom stereocenters. The molecule has 2 saturated heterocycles. The van der Waals surface area contributed by atoms with Crippen molar-refractivity contribution >= 4 is 33.0 Å². The molecule has 1 aromatic carbocycles. The minimum absolute atomic E-state index is 0.0847. The van der Waals surface area contributed by atoms with Crippen molar-refractivity contribution in [1.82, 2.24) is 14.1 Å². The summed E-state index contributed by atoms with van der Waals surface area (Å²) >= 11 is 7.31. The number of hydrogen-bond acceptors (Lipinski definition) is 5. The molecule has 2 aliphatic heterocycles. The second-order valence-electron chi connectivity index (χ2n) is 8.55. The SMILES string of the molecule is O=S(=O)(c1cccs1)N(CCN1CCCC1)C1CCN(CCc2ccc(Cl)cc2)CC1. The third-order valence-corrected chi connectivity index (χ3v) is 10.1. The van der Waals surface area contributed by atoms with Gasteiger partial charge in [0.25, 0.3) is 10.0 Å². The molecule has 31 heavy (non-hydrogen) atoms. The molecule has 5 nitrogen and oxygen atoms in total. The maximum Gasteiger partial charge on any atom is 0.252 e. The van der Waals surface area contributed by atoms with E-state index in [1.54, 1.807) is 6.07 Å². The first-order valence-corrected chi connectivity index (χ1v) is 14.0. The van der Waals surface area contributed by atoms with E-state index < -0.39 is 10.0 Å². The molecule has 0 radical (unpaired) electrons. The quantitative estimate of drug-likeness (QED) is 0.538. The largest absolute Gasteiger partial charge is 0.303 e. The lowest BCUT2D eigenvalue weighted by molar-refractivity contribution is 0.153. The average molecular weight is 482 g/mol. The van der Waals surface area contributed by atoms with Crippen molar-refractivity contribution in [3.8, 4) is 0 Å². The number of hydrogen-bond donors (Lipinski definition) is 0. The predicted octanol–water partition coefficient (Wildman–Crippen LogP) is 4.20. The molecular formula is C23H32ClN3O2S2. The van der Waals surface area contributed by atoms with Crippen LogP contribution in [0.3, 0.4) is 0 Å². The van der Waals surface area contributed by atoms with E-state index in [0.29, 0.717) is 10.8 Å². The first-order chi connectivity index (χ1) is 15.0. The van der Waals surface area contributed by atoms with Crippen LogP contribution in [0.1, 0.15) is 31.2 Å². The summed E-state index contributed by atoms with van der Waals surface area (Å²) in [5.41, 5.74) is 1.29. The molecule has 0 bridgehead atoms. The van der Waals surface area contributed by atoms with Gasteiger partial charge in [0.15, 0.2) is 0 Å². The third kappa shape index (κ3) is 6.09. The Morgan fingerprint density at radius 3 is 2.29 bits per heavy atom. The molecule has 0 spiro atoms. The molecular weight excluding hydrogens is 450 g/mol. The van der Waals surface area contributed by atoms with E-state index in [9.17, 15) is 8.42 Å². The lowest BCUT2D eigenvalue weighted by Gasteiger charge is -2.38. The summed E-state index contributed by atoms with van der Waals surface area (Å²) in [5, 5.41) is 2.62. The smallest absolute Gasteiger partial charge is 0.252 e. The molecule has 2 fully saturated rings. The topological polar surface area (TPSA) is 43.9 Å². The Morgan fingerprint density at radius 1 is 0.968 bits per heavy atom. The zero-order chi connectivity index (χ0) is 21.7. The number of likely N-dealkylation sites (tertiary alicyclic amines) is 2. The monoisotopic (exact) mass is 481 g/mol. The molecule has 2 aromatic rings. The number of halogens is 1. The fourth-order valence-electron chi connectivity index (χ4n) is 4.64. The first-order valence-electron chi connectivity index (χ1n) is 11.3. The van der Waals surface area contributed by atoms with Crippen LogP contribution in [0.5, 0.6) is 0 Å². The molecule has 4 rings (SSSR count). The lowest BCUT2D eigenvalue weighted by atomic mass is 10.0. The Kier molecular flexibility index (Phi) is 8.06. The summed E-state index contributed by atoms with van der Waals surface area (Å²) in [6, 6.07) is 11.7. The lowest BCUT2D eigenvalue weighted by Crippen LogP contribution is -2.49. The highest BCUT2D eigenvalue weighted by Gasteiger charge is 2.34. The Hall–Kier alpha value is -0.960. The molecule has 0 saturated carbocycles. The van der Waals surface area contributed by atoms with Gasteiger partial charge >= 0.3 is 0 Å². The Labute approximate surface area is 195 Å². The second-order valence-corrected chi connectivity index (χ2v) is 12.0. The third-order valence-electron chi connectivity index (χ3n) is 6.49. The van der Waals surface area contributed by atoms with Crippen LogP contribution >= 0.6 is 22.9 Å². The molecule has 0 N–H and O–H groups in total. The molecule has 0 amide bonds. The summed E-state index contributed by atoms with van der Waals surface area (Å²) in [7, 11) is -3.43. The van der Waals surface area contributed by atoms with Crippen molar-refractivity contribution < 1.29 is 8.42 Å². The Balaban J connectivity index is 1.36. The minimum Gasteiger partial charge on any atom is -0.303 e. The highest BCUT2D eigenvalue weighted by Crippen LogP contribution is 2.27. The average Bonchev–Trinajstić information content (AvgIpc) is 3.49. The van der Waals surface area contributed by atoms with Crippen molar-refractivity contribution in [1.29, 1.82) is 0 Å². The number of rotatable bonds is 9. The highest BCUT2D eigenvalue weighted by molar-refractivity contribution is 7.91. The van der Waals surface area contributed by atoms with Crippen molar-refractivity contribution in [2.45, 2.75) is 42.4 Å². The van der Waals surface area contributed by atoms with Crippen molar-refractivity contribution in [3.63, 3.8) is 0 Å². The standard InChI is InChI=1S/C23H32ClN3O2S2/c24-21-7-5-20(6-8-21)9-14-26-15-10-22(11-16-26)27(18-17-25-12-1-2-13-25)31(28,29)23-4-3-19-30-23/h3-8,19,22H,1-2,9-18H2. The molecule has 1 aromatic heterocycles. The van der Waals surface area contributed by atoms with E-state index in [2.05, 4.69) is 21.9 Å². The van der Waals surface area contributed by atoms with Gasteiger partial charge in [0.2, 0.25) is 0 Å². The van der Waals surface area contributed by atoms with Gasteiger partial charge in [0.1, 0.15) is 4.21 Å². The summed E-state index contributed by atoms with van der Waals surface area (Å²) in [6.45, 7) is 6.50. The van der Waals surface area contributed by atoms with Gasteiger partial charge in [0.05, 0.1) is 0 Å². The molecule has 2 aliphatic rings. The van der Waals surface area contributed by atoms with Gasteiger partial charge < -0.3 is 9.80 Å². The number of benzene rings is 1. The van der Waals surface area contributed by atoms with Crippen LogP contribution < -0.4 is 0 Å². The van der Waals surface area contributed by atoms with Crippen LogP contribution in [-0.2, 0) is 16.4 Å². The summed E-state index contributed by atoms with van der Waals surface area (Å²) in [4.78, 5) is 4.86. The fourth-order valence-corrected chi connectivity index (χ4v) is 7.56. The molecule has 0 aliphatic carbocycles. The second kappa shape index (κ2) is 10.8. The number of sulfonamides is 1. The molecule has 0 atom stereocenters. The van der Waals surface area contributed by atoms with Crippen molar-refractivity contribution in [2.24, 2.45) is 0 Å². The first kappa shape index (κ1) is 23.2. The van der Waals surface area contributed by atoms with Gasteiger partial charge in [-0.15, -0.1) is 11.3 Å². The summed E-state index contributed by atoms with van der Waals surface area (Å²) < 4.78 is 29.1. The maximum atomic E-state index is 13.4. The molecule has 8 heteroatoms. The number of nitrogens with zero attached hydrogens (tertiary/aromatic N) is 3. The van der Waals surface area contributed by atoms with E-state index in [0.717, 1.165) is 63.6 Å². The van der Waals surface area contributed by atoms with E-state index in [-0.39, 0.29) is 6.04 Å². The van der Waals surface area contributed by atoms with Crippen LogP contribution in [0.4, 0.5) is 0 Å². The van der Waals surface area contributed by atoms with Crippen LogP contribution in [0.2, 0.25) is 5.02 Å². The zero-order valence-corrected chi connectivity index (χ0v) is 20.3. The Bertz CT molecular complexity index is 905. The predicted molar refractivity (Wildman–Crippen MR) is 129 cm³/mol. The summed E-state index contributed by atoms with van der Waals surface area (Å²) in [5.74, 6) is 0.